The van der Waals surface area contributed by atoms with Crippen LogP contribution in [-0.2, 0) is 57.4 Å². The number of hydrogen-bond donors (Lipinski definition) is 5. The average Bonchev–Trinajstić information content (AvgIpc) is 3.37. The number of carboxylic acid groups (broad SMARTS) is 3. The van der Waals surface area contributed by atoms with E-state index in [1.165, 1.54) is 32.1 Å². The molecule has 2 atom stereocenters. The minimum Gasteiger partial charge on any atom is -0.481 e. The molecule has 77 heavy (non-hydrogen) atoms. The van der Waals surface area contributed by atoms with Gasteiger partial charge in [0.15, 0.2) is 28.9 Å². The number of aliphatic carboxylic acids is 3. The van der Waals surface area contributed by atoms with Crippen LogP contribution in [0.5, 0.6) is 0 Å². The Kier molecular flexibility index (Phi) is 45.3. The van der Waals surface area contributed by atoms with Crippen molar-refractivity contribution in [3.8, 4) is 0 Å². The number of esters is 3. The van der Waals surface area contributed by atoms with Gasteiger partial charge in [-0.2, -0.15) is 0 Å². The lowest BCUT2D eigenvalue weighted by Gasteiger charge is -2.41. The van der Waals surface area contributed by atoms with Gasteiger partial charge in [0, 0.05) is 19.3 Å². The maximum absolute atomic E-state index is 13.6. The minimum absolute atomic E-state index is 0.121. The maximum Gasteiger partial charge on any atom is 0.339 e. The molecule has 0 aliphatic heterocycles. The molecule has 0 spiro atoms. The predicted octanol–water partition coefficient (Wildman–Crippen LogP) is 12.6. The van der Waals surface area contributed by atoms with Gasteiger partial charge in [-0.3, -0.25) is 33.6 Å². The molecule has 0 saturated carbocycles. The summed E-state index contributed by atoms with van der Waals surface area (Å²) in [5.41, 5.74) is -9.93. The van der Waals surface area contributed by atoms with Crippen LogP contribution in [0.15, 0.2) is 0 Å². The summed E-state index contributed by atoms with van der Waals surface area (Å²) in [7, 11) is 0. The standard InChI is InChI=1S/C30H50O10.C30H56O7/c1-4-7-10-13-16-19-22(31)25(26(34)35)30(40,28(38)39)29(27(36)37,23(32)20-17-14-11-8-5-2)24(33)21-18-15-12-9-6-3;1-4-7-10-13-16-19-22-35-27(31)25-30(34,29(33)37-24-21-18-15-12-9-6-3)26-28(32)36-23-20-17-14-11-8-5-2/h25,40H,4-21H2,1-3H3,(H,34,35)(H,36,37)(H,38,39);34H,4-26H2,1-3H3. The van der Waals surface area contributed by atoms with Crippen LogP contribution in [0.25, 0.3) is 0 Å². The van der Waals surface area contributed by atoms with E-state index in [9.17, 15) is 68.7 Å². The summed E-state index contributed by atoms with van der Waals surface area (Å²) in [6.45, 7) is 13.0. The highest BCUT2D eigenvalue weighted by Gasteiger charge is 2.74. The van der Waals surface area contributed by atoms with Crippen LogP contribution in [0.2, 0.25) is 0 Å². The number of aliphatic hydroxyl groups is 2. The highest BCUT2D eigenvalue weighted by atomic mass is 16.6. The summed E-state index contributed by atoms with van der Waals surface area (Å²) in [6.07, 6.45) is 25.4. The lowest BCUT2D eigenvalue weighted by atomic mass is 9.58. The number of carbonyl (C=O) groups excluding carboxylic acids is 6. The monoisotopic (exact) mass is 1100 g/mol. The minimum atomic E-state index is -4.01. The quantitative estimate of drug-likeness (QED) is 0.0164. The third kappa shape index (κ3) is 30.6. The van der Waals surface area contributed by atoms with Crippen molar-refractivity contribution in [2.24, 2.45) is 11.3 Å². The third-order valence-corrected chi connectivity index (χ3v) is 14.1. The Morgan fingerprint density at radius 2 is 0.649 bits per heavy atom. The number of Topliss-reactive ketones (excluding diaryl/α,β-unsaturated/α-hetero) is 3. The molecule has 0 aromatic rings. The smallest absolute Gasteiger partial charge is 0.339 e. The predicted molar refractivity (Wildman–Crippen MR) is 296 cm³/mol. The molecule has 5 N–H and O–H groups in total. The number of carboxylic acids is 3. The second-order valence-electron chi connectivity index (χ2n) is 21.0. The average molecular weight is 1100 g/mol. The van der Waals surface area contributed by atoms with E-state index >= 15 is 0 Å². The van der Waals surface area contributed by atoms with Crippen molar-refractivity contribution in [2.75, 3.05) is 19.8 Å². The van der Waals surface area contributed by atoms with Crippen LogP contribution in [0.1, 0.15) is 286 Å². The largest absolute Gasteiger partial charge is 0.481 e. The summed E-state index contributed by atoms with van der Waals surface area (Å²) in [6, 6.07) is 0. The van der Waals surface area contributed by atoms with Crippen molar-refractivity contribution in [3.05, 3.63) is 0 Å². The van der Waals surface area contributed by atoms with Crippen molar-refractivity contribution < 1.29 is 82.9 Å². The van der Waals surface area contributed by atoms with E-state index in [-0.39, 0.29) is 39.1 Å². The SMILES string of the molecule is CCCCCCCC(=O)C(C(=O)O)C(O)(C(=O)O)C(C(=O)O)(C(=O)CCCCCCC)C(=O)CCCCCCC.CCCCCCCCOC(=O)CC(O)(CC(=O)OCCCCCCCC)C(=O)OCCCCCCCC. The Hall–Kier alpha value is -4.25. The summed E-state index contributed by atoms with van der Waals surface area (Å²) < 4.78 is 15.8. The molecule has 0 amide bonds. The van der Waals surface area contributed by atoms with Crippen LogP contribution in [0.3, 0.4) is 0 Å². The van der Waals surface area contributed by atoms with Gasteiger partial charge in [0.2, 0.25) is 11.0 Å². The third-order valence-electron chi connectivity index (χ3n) is 14.1. The lowest BCUT2D eigenvalue weighted by molar-refractivity contribution is -0.204. The fourth-order valence-electron chi connectivity index (χ4n) is 9.34. The fraction of sp³-hybridized carbons (Fsp3) is 0.850. The fourth-order valence-corrected chi connectivity index (χ4v) is 9.34. The first-order valence-electron chi connectivity index (χ1n) is 30.0. The van der Waals surface area contributed by atoms with Crippen LogP contribution < -0.4 is 0 Å². The second kappa shape index (κ2) is 46.6. The summed E-state index contributed by atoms with van der Waals surface area (Å²) >= 11 is 0. The summed E-state index contributed by atoms with van der Waals surface area (Å²) in [4.78, 5) is 116. The van der Waals surface area contributed by atoms with Crippen molar-refractivity contribution in [2.45, 2.75) is 297 Å². The van der Waals surface area contributed by atoms with Gasteiger partial charge in [-0.15, -0.1) is 0 Å². The van der Waals surface area contributed by atoms with E-state index in [0.717, 1.165) is 122 Å². The zero-order valence-corrected chi connectivity index (χ0v) is 48.7. The van der Waals surface area contributed by atoms with E-state index in [2.05, 4.69) is 20.8 Å². The Balaban J connectivity index is 0. The molecule has 0 fully saturated rings. The molecular formula is C60H106O17. The normalized spacial score (nSPS) is 12.6. The van der Waals surface area contributed by atoms with Crippen molar-refractivity contribution in [3.63, 3.8) is 0 Å². The molecule has 17 nitrogen and oxygen atoms in total. The van der Waals surface area contributed by atoms with E-state index in [0.29, 0.717) is 38.5 Å². The van der Waals surface area contributed by atoms with E-state index < -0.39 is 108 Å². The molecule has 0 aromatic carbocycles. The number of unbranched alkanes of at least 4 members (excludes halogenated alkanes) is 27. The van der Waals surface area contributed by atoms with Gasteiger partial charge in [0.1, 0.15) is 0 Å². The van der Waals surface area contributed by atoms with Gasteiger partial charge in [-0.05, 0) is 38.5 Å². The molecule has 2 unspecified atom stereocenters. The Labute approximate surface area is 462 Å². The van der Waals surface area contributed by atoms with Gasteiger partial charge >= 0.3 is 35.8 Å². The number of ether oxygens (including phenoxy) is 3. The number of carbonyl (C=O) groups is 9. The molecule has 17 heteroatoms. The lowest BCUT2D eigenvalue weighted by Crippen LogP contribution is -2.71. The second-order valence-corrected chi connectivity index (χ2v) is 21.0. The van der Waals surface area contributed by atoms with Gasteiger partial charge in [0.25, 0.3) is 0 Å². The van der Waals surface area contributed by atoms with Crippen molar-refractivity contribution in [1.82, 2.24) is 0 Å². The first-order valence-corrected chi connectivity index (χ1v) is 30.0. The van der Waals surface area contributed by atoms with Crippen LogP contribution in [-0.4, -0.2) is 110 Å². The summed E-state index contributed by atoms with van der Waals surface area (Å²) in [5, 5.41) is 53.1. The van der Waals surface area contributed by atoms with Crippen LogP contribution in [0, 0.1) is 11.3 Å². The number of ketones is 3. The molecule has 0 heterocycles. The first-order chi connectivity index (χ1) is 36.8. The Bertz CT molecular complexity index is 1600. The van der Waals surface area contributed by atoms with Gasteiger partial charge in [-0.25, -0.2) is 9.59 Å². The summed E-state index contributed by atoms with van der Waals surface area (Å²) in [5.74, 6) is -16.0. The number of hydrogen-bond acceptors (Lipinski definition) is 14. The molecule has 0 radical (unpaired) electrons. The molecule has 0 aliphatic carbocycles. The van der Waals surface area contributed by atoms with Crippen molar-refractivity contribution in [1.29, 1.82) is 0 Å². The van der Waals surface area contributed by atoms with Crippen LogP contribution >= 0.6 is 0 Å². The topological polar surface area (TPSA) is 282 Å². The maximum atomic E-state index is 13.6. The van der Waals surface area contributed by atoms with E-state index in [1.807, 2.05) is 20.8 Å². The zero-order chi connectivity index (χ0) is 58.4. The first kappa shape index (κ1) is 74.8. The molecular weight excluding hydrogens is 993 g/mol. The molecule has 0 bridgehead atoms. The van der Waals surface area contributed by atoms with E-state index in [4.69, 9.17) is 14.2 Å². The van der Waals surface area contributed by atoms with Crippen LogP contribution in [0.4, 0.5) is 0 Å². The van der Waals surface area contributed by atoms with Gasteiger partial charge < -0.3 is 39.7 Å². The Morgan fingerprint density at radius 1 is 0.364 bits per heavy atom. The number of rotatable bonds is 52. The van der Waals surface area contributed by atoms with Gasteiger partial charge in [0.05, 0.1) is 32.7 Å². The molecule has 0 aliphatic rings. The molecule has 0 saturated heterocycles. The molecule has 0 rings (SSSR count). The van der Waals surface area contributed by atoms with Crippen molar-refractivity contribution >= 4 is 53.2 Å². The Morgan fingerprint density at radius 3 is 0.948 bits per heavy atom. The van der Waals surface area contributed by atoms with Gasteiger partial charge in [-0.1, -0.05) is 215 Å². The molecule has 448 valence electrons. The molecule has 0 aromatic heterocycles. The van der Waals surface area contributed by atoms with E-state index in [1.54, 1.807) is 0 Å². The zero-order valence-electron chi connectivity index (χ0n) is 48.7. The highest BCUT2D eigenvalue weighted by Crippen LogP contribution is 2.44. The highest BCUT2D eigenvalue weighted by molar-refractivity contribution is 6.27.